The van der Waals surface area contributed by atoms with E-state index in [1.807, 2.05) is 7.05 Å². The molecule has 1 aromatic rings. The van der Waals surface area contributed by atoms with Gasteiger partial charge in [-0.2, -0.15) is 0 Å². The van der Waals surface area contributed by atoms with Gasteiger partial charge in [-0.05, 0) is 24.7 Å². The van der Waals surface area contributed by atoms with Crippen molar-refractivity contribution >= 4 is 5.97 Å². The average Bonchev–Trinajstić information content (AvgIpc) is 2.29. The number of carboxylic acid groups (broad SMARTS) is 1. The summed E-state index contributed by atoms with van der Waals surface area (Å²) in [5, 5.41) is 11.6. The molecule has 0 bridgehead atoms. The number of ether oxygens (including phenoxy) is 1. The van der Waals surface area contributed by atoms with Crippen LogP contribution in [0, 0.1) is 11.8 Å². The molecule has 2 N–H and O–H groups in total. The Hall–Kier alpha value is -1.99. The lowest BCUT2D eigenvalue weighted by Gasteiger charge is -2.05. The van der Waals surface area contributed by atoms with E-state index >= 15 is 0 Å². The first kappa shape index (κ1) is 13.1. The minimum absolute atomic E-state index is 0.00922. The van der Waals surface area contributed by atoms with Crippen LogP contribution in [0.25, 0.3) is 0 Å². The third-order valence-corrected chi connectivity index (χ3v) is 2.11. The van der Waals surface area contributed by atoms with Gasteiger partial charge < -0.3 is 15.2 Å². The number of hydrogen-bond donors (Lipinski definition) is 2. The molecule has 0 aromatic heterocycles. The zero-order valence-corrected chi connectivity index (χ0v) is 9.91. The van der Waals surface area contributed by atoms with Gasteiger partial charge in [-0.25, -0.2) is 0 Å². The Labute approximate surface area is 101 Å². The maximum Gasteiger partial charge on any atom is 0.307 e. The molecule has 0 saturated carbocycles. The molecule has 0 unspecified atom stereocenters. The van der Waals surface area contributed by atoms with Gasteiger partial charge in [-0.3, -0.25) is 4.79 Å². The van der Waals surface area contributed by atoms with E-state index in [9.17, 15) is 4.79 Å². The van der Waals surface area contributed by atoms with Crippen LogP contribution in [0.5, 0.6) is 5.75 Å². The van der Waals surface area contributed by atoms with E-state index in [1.54, 1.807) is 25.3 Å². The number of hydrogen-bond acceptors (Lipinski definition) is 3. The van der Waals surface area contributed by atoms with Crippen LogP contribution in [0.3, 0.4) is 0 Å². The molecule has 0 atom stereocenters. The quantitative estimate of drug-likeness (QED) is 0.758. The topological polar surface area (TPSA) is 58.6 Å². The standard InChI is InChI=1S/C13H15NO3/c1-14-7-3-4-11-8-10(9-13(15)16)5-6-12(11)17-2/h5-6,8,14H,7,9H2,1-2H3,(H,15,16). The second-order valence-corrected chi connectivity index (χ2v) is 3.44. The summed E-state index contributed by atoms with van der Waals surface area (Å²) in [6.07, 6.45) is -0.00922. The first-order valence-corrected chi connectivity index (χ1v) is 5.19. The number of carboxylic acids is 1. The normalized spacial score (nSPS) is 9.29. The second-order valence-electron chi connectivity index (χ2n) is 3.44. The van der Waals surface area contributed by atoms with Gasteiger partial charge in [-0.1, -0.05) is 17.9 Å². The highest BCUT2D eigenvalue weighted by Gasteiger charge is 2.05. The molecule has 0 radical (unpaired) electrons. The van der Waals surface area contributed by atoms with Crippen molar-refractivity contribution in [1.29, 1.82) is 0 Å². The fourth-order valence-electron chi connectivity index (χ4n) is 1.37. The van der Waals surface area contributed by atoms with Crippen molar-refractivity contribution in [2.75, 3.05) is 20.7 Å². The van der Waals surface area contributed by atoms with Gasteiger partial charge in [0, 0.05) is 0 Å². The van der Waals surface area contributed by atoms with Crippen LogP contribution in [0.4, 0.5) is 0 Å². The van der Waals surface area contributed by atoms with Crippen molar-refractivity contribution in [2.45, 2.75) is 6.42 Å². The Kier molecular flexibility index (Phi) is 5.05. The average molecular weight is 233 g/mol. The third kappa shape index (κ3) is 4.17. The molecule has 17 heavy (non-hydrogen) atoms. The molecule has 0 heterocycles. The molecule has 0 saturated heterocycles. The van der Waals surface area contributed by atoms with Crippen molar-refractivity contribution in [3.8, 4) is 17.6 Å². The Morgan fingerprint density at radius 1 is 1.53 bits per heavy atom. The minimum atomic E-state index is -0.857. The van der Waals surface area contributed by atoms with E-state index in [4.69, 9.17) is 9.84 Å². The number of methoxy groups -OCH3 is 1. The molecule has 4 nitrogen and oxygen atoms in total. The van der Waals surface area contributed by atoms with Crippen LogP contribution in [0.15, 0.2) is 18.2 Å². The summed E-state index contributed by atoms with van der Waals surface area (Å²) in [4.78, 5) is 10.6. The number of benzene rings is 1. The van der Waals surface area contributed by atoms with Crippen molar-refractivity contribution in [3.05, 3.63) is 29.3 Å². The molecule has 90 valence electrons. The van der Waals surface area contributed by atoms with E-state index in [1.165, 1.54) is 0 Å². The van der Waals surface area contributed by atoms with E-state index < -0.39 is 5.97 Å². The highest BCUT2D eigenvalue weighted by atomic mass is 16.5. The molecule has 0 aliphatic carbocycles. The Morgan fingerprint density at radius 3 is 2.88 bits per heavy atom. The molecule has 1 rings (SSSR count). The summed E-state index contributed by atoms with van der Waals surface area (Å²) >= 11 is 0. The van der Waals surface area contributed by atoms with Gasteiger partial charge in [0.05, 0.1) is 25.6 Å². The van der Waals surface area contributed by atoms with Crippen molar-refractivity contribution in [2.24, 2.45) is 0 Å². The van der Waals surface area contributed by atoms with Gasteiger partial charge in [0.2, 0.25) is 0 Å². The summed E-state index contributed by atoms with van der Waals surface area (Å²) in [6, 6.07) is 5.22. The van der Waals surface area contributed by atoms with Crippen LogP contribution >= 0.6 is 0 Å². The third-order valence-electron chi connectivity index (χ3n) is 2.11. The maximum absolute atomic E-state index is 10.6. The SMILES string of the molecule is CNCC#Cc1cc(CC(=O)O)ccc1OC. The highest BCUT2D eigenvalue weighted by Crippen LogP contribution is 2.19. The fourth-order valence-corrected chi connectivity index (χ4v) is 1.37. The first-order valence-electron chi connectivity index (χ1n) is 5.19. The minimum Gasteiger partial charge on any atom is -0.495 e. The van der Waals surface area contributed by atoms with E-state index in [0.29, 0.717) is 23.4 Å². The molecule has 1 aromatic carbocycles. The predicted molar refractivity (Wildman–Crippen MR) is 65.1 cm³/mol. The molecule has 0 fully saturated rings. The largest absolute Gasteiger partial charge is 0.495 e. The van der Waals surface area contributed by atoms with Crippen molar-refractivity contribution in [3.63, 3.8) is 0 Å². The molecule has 4 heteroatoms. The van der Waals surface area contributed by atoms with Gasteiger partial charge >= 0.3 is 5.97 Å². The lowest BCUT2D eigenvalue weighted by atomic mass is 10.1. The Bertz CT molecular complexity index is 457. The van der Waals surface area contributed by atoms with E-state index in [-0.39, 0.29) is 6.42 Å². The van der Waals surface area contributed by atoms with Crippen LogP contribution in [-0.4, -0.2) is 31.8 Å². The maximum atomic E-state index is 10.6. The Balaban J connectivity index is 2.99. The predicted octanol–water partition coefficient (Wildman–Crippen LogP) is 0.893. The number of aliphatic carboxylic acids is 1. The molecule has 0 amide bonds. The fraction of sp³-hybridized carbons (Fsp3) is 0.308. The number of rotatable bonds is 4. The number of carbonyl (C=O) groups is 1. The van der Waals surface area contributed by atoms with Crippen LogP contribution in [-0.2, 0) is 11.2 Å². The number of nitrogens with one attached hydrogen (secondary N) is 1. The van der Waals surface area contributed by atoms with Gasteiger partial charge in [0.15, 0.2) is 0 Å². The van der Waals surface area contributed by atoms with Crippen LogP contribution in [0.1, 0.15) is 11.1 Å². The summed E-state index contributed by atoms with van der Waals surface area (Å²) in [5.41, 5.74) is 1.42. The summed E-state index contributed by atoms with van der Waals surface area (Å²) in [7, 11) is 3.38. The molecule has 0 spiro atoms. The zero-order chi connectivity index (χ0) is 12.7. The van der Waals surface area contributed by atoms with E-state index in [2.05, 4.69) is 17.2 Å². The molecular formula is C13H15NO3. The lowest BCUT2D eigenvalue weighted by Crippen LogP contribution is -2.04. The van der Waals surface area contributed by atoms with E-state index in [0.717, 1.165) is 0 Å². The van der Waals surface area contributed by atoms with Crippen molar-refractivity contribution < 1.29 is 14.6 Å². The van der Waals surface area contributed by atoms with Gasteiger partial charge in [0.1, 0.15) is 5.75 Å². The summed E-state index contributed by atoms with van der Waals surface area (Å²) < 4.78 is 5.17. The first-order chi connectivity index (χ1) is 8.17. The monoisotopic (exact) mass is 233 g/mol. The Morgan fingerprint density at radius 2 is 2.29 bits per heavy atom. The van der Waals surface area contributed by atoms with Crippen LogP contribution in [0.2, 0.25) is 0 Å². The molecule has 0 aliphatic heterocycles. The highest BCUT2D eigenvalue weighted by molar-refractivity contribution is 5.70. The van der Waals surface area contributed by atoms with Crippen molar-refractivity contribution in [1.82, 2.24) is 5.32 Å². The molecular weight excluding hydrogens is 218 g/mol. The smallest absolute Gasteiger partial charge is 0.307 e. The second kappa shape index (κ2) is 6.56. The van der Waals surface area contributed by atoms with Crippen LogP contribution < -0.4 is 10.1 Å². The molecule has 0 aliphatic rings. The lowest BCUT2D eigenvalue weighted by molar-refractivity contribution is -0.136. The zero-order valence-electron chi connectivity index (χ0n) is 9.91. The summed E-state index contributed by atoms with van der Waals surface area (Å²) in [6.45, 7) is 0.576. The summed E-state index contributed by atoms with van der Waals surface area (Å²) in [5.74, 6) is 5.66. The van der Waals surface area contributed by atoms with Gasteiger partial charge in [-0.15, -0.1) is 0 Å². The van der Waals surface area contributed by atoms with Gasteiger partial charge in [0.25, 0.3) is 0 Å².